The summed E-state index contributed by atoms with van der Waals surface area (Å²) in [6.45, 7) is 2.56. The third-order valence-electron chi connectivity index (χ3n) is 7.25. The van der Waals surface area contributed by atoms with Gasteiger partial charge in [-0.3, -0.25) is 9.20 Å². The zero-order chi connectivity index (χ0) is 22.6. The van der Waals surface area contributed by atoms with Crippen LogP contribution in [0.15, 0.2) is 61.1 Å². The summed E-state index contributed by atoms with van der Waals surface area (Å²) >= 11 is 0. The minimum absolute atomic E-state index is 0.0684. The van der Waals surface area contributed by atoms with Gasteiger partial charge in [-0.05, 0) is 48.7 Å². The summed E-state index contributed by atoms with van der Waals surface area (Å²) in [7, 11) is 0. The summed E-state index contributed by atoms with van der Waals surface area (Å²) in [6.07, 6.45) is 8.30. The molecule has 7 rings (SSSR count). The van der Waals surface area contributed by atoms with Crippen molar-refractivity contribution in [2.45, 2.75) is 31.5 Å². The van der Waals surface area contributed by atoms with E-state index in [9.17, 15) is 4.79 Å². The Bertz CT molecular complexity index is 1400. The second-order valence-corrected chi connectivity index (χ2v) is 9.34. The molecule has 0 aliphatic carbocycles. The van der Waals surface area contributed by atoms with Crippen molar-refractivity contribution < 1.29 is 4.79 Å². The average molecular weight is 452 g/mol. The van der Waals surface area contributed by atoms with E-state index in [4.69, 9.17) is 0 Å². The van der Waals surface area contributed by atoms with Gasteiger partial charge in [0.25, 0.3) is 5.91 Å². The predicted molar refractivity (Wildman–Crippen MR) is 131 cm³/mol. The fourth-order valence-corrected chi connectivity index (χ4v) is 5.62. The van der Waals surface area contributed by atoms with E-state index in [1.165, 1.54) is 12.8 Å². The monoisotopic (exact) mass is 451 g/mol. The third-order valence-corrected chi connectivity index (χ3v) is 7.25. The Morgan fingerprint density at radius 2 is 1.85 bits per heavy atom. The van der Waals surface area contributed by atoms with Gasteiger partial charge in [-0.25, -0.2) is 9.97 Å². The van der Waals surface area contributed by atoms with E-state index in [1.807, 2.05) is 53.3 Å². The Morgan fingerprint density at radius 1 is 0.971 bits per heavy atom. The smallest absolute Gasteiger partial charge is 0.254 e. The Kier molecular flexibility index (Phi) is 4.35. The van der Waals surface area contributed by atoms with Crippen LogP contribution in [0.5, 0.6) is 0 Å². The van der Waals surface area contributed by atoms with Crippen molar-refractivity contribution in [3.05, 3.63) is 72.2 Å². The summed E-state index contributed by atoms with van der Waals surface area (Å²) in [4.78, 5) is 24.4. The van der Waals surface area contributed by atoms with Crippen molar-refractivity contribution in [3.8, 4) is 11.3 Å². The van der Waals surface area contributed by atoms with Crippen molar-refractivity contribution in [3.63, 3.8) is 0 Å². The fraction of sp³-hybridized carbons (Fsp3) is 0.269. The first kappa shape index (κ1) is 19.5. The van der Waals surface area contributed by atoms with Crippen LogP contribution in [-0.2, 0) is 6.54 Å². The zero-order valence-corrected chi connectivity index (χ0v) is 18.7. The number of carbonyl (C=O) groups excluding carboxylic acids is 1. The molecule has 3 aliphatic rings. The number of hydrogen-bond acceptors (Lipinski definition) is 6. The quantitative estimate of drug-likeness (QED) is 0.441. The molecule has 2 saturated heterocycles. The molecule has 0 radical (unpaired) electrons. The molecule has 3 aromatic heterocycles. The fourth-order valence-electron chi connectivity index (χ4n) is 5.62. The SMILES string of the molecule is O=C1NCc2c(-c3cnc4ccccn34)ccc(Nc3ccc(N4CC5CCC(C4)N5)cn3)c21. The van der Waals surface area contributed by atoms with Crippen LogP contribution < -0.4 is 20.9 Å². The maximum atomic E-state index is 12.8. The van der Waals surface area contributed by atoms with Gasteiger partial charge in [-0.15, -0.1) is 0 Å². The topological polar surface area (TPSA) is 86.6 Å². The number of piperazine rings is 1. The highest BCUT2D eigenvalue weighted by Gasteiger charge is 2.32. The van der Waals surface area contributed by atoms with Crippen molar-refractivity contribution in [2.75, 3.05) is 23.3 Å². The van der Waals surface area contributed by atoms with E-state index in [0.717, 1.165) is 52.8 Å². The maximum absolute atomic E-state index is 12.8. The summed E-state index contributed by atoms with van der Waals surface area (Å²) in [5, 5.41) is 10.0. The second-order valence-electron chi connectivity index (χ2n) is 9.34. The van der Waals surface area contributed by atoms with Gasteiger partial charge >= 0.3 is 0 Å². The van der Waals surface area contributed by atoms with Crippen LogP contribution in [0.25, 0.3) is 16.9 Å². The van der Waals surface area contributed by atoms with E-state index in [-0.39, 0.29) is 5.91 Å². The van der Waals surface area contributed by atoms with E-state index in [2.05, 4.69) is 43.0 Å². The minimum Gasteiger partial charge on any atom is -0.367 e. The maximum Gasteiger partial charge on any atom is 0.254 e. The highest BCUT2D eigenvalue weighted by atomic mass is 16.1. The van der Waals surface area contributed by atoms with Crippen LogP contribution in [0.1, 0.15) is 28.8 Å². The van der Waals surface area contributed by atoms with Crippen molar-refractivity contribution >= 4 is 28.7 Å². The van der Waals surface area contributed by atoms with Gasteiger partial charge in [-0.1, -0.05) is 12.1 Å². The lowest BCUT2D eigenvalue weighted by atomic mass is 9.99. The van der Waals surface area contributed by atoms with E-state index in [0.29, 0.717) is 24.2 Å². The Balaban J connectivity index is 1.19. The van der Waals surface area contributed by atoms with Crippen LogP contribution in [0.3, 0.4) is 0 Å². The Hall–Kier alpha value is -3.91. The molecule has 0 saturated carbocycles. The van der Waals surface area contributed by atoms with Gasteiger partial charge in [0.05, 0.1) is 35.0 Å². The molecule has 8 nitrogen and oxygen atoms in total. The van der Waals surface area contributed by atoms with Crippen molar-refractivity contribution in [1.29, 1.82) is 0 Å². The van der Waals surface area contributed by atoms with E-state index >= 15 is 0 Å². The predicted octanol–water partition coefficient (Wildman–Crippen LogP) is 3.32. The molecule has 0 spiro atoms. The number of aromatic nitrogens is 3. The van der Waals surface area contributed by atoms with Gasteiger partial charge in [0.15, 0.2) is 0 Å². The molecule has 170 valence electrons. The summed E-state index contributed by atoms with van der Waals surface area (Å²) in [5.74, 6) is 0.660. The minimum atomic E-state index is -0.0684. The van der Waals surface area contributed by atoms with Gasteiger partial charge in [0, 0.05) is 43.5 Å². The number of nitrogens with zero attached hydrogens (tertiary/aromatic N) is 4. The molecule has 2 bridgehead atoms. The number of imidazole rings is 1. The third kappa shape index (κ3) is 3.13. The molecule has 1 amide bonds. The molecule has 2 fully saturated rings. The van der Waals surface area contributed by atoms with Crippen molar-refractivity contribution in [2.24, 2.45) is 0 Å². The first-order valence-electron chi connectivity index (χ1n) is 11.8. The Labute approximate surface area is 197 Å². The molecule has 34 heavy (non-hydrogen) atoms. The number of carbonyl (C=O) groups is 1. The number of nitrogens with one attached hydrogen (secondary N) is 3. The molecule has 6 heterocycles. The number of amides is 1. The molecule has 1 aromatic carbocycles. The van der Waals surface area contributed by atoms with Crippen LogP contribution in [0, 0.1) is 0 Å². The van der Waals surface area contributed by atoms with Gasteiger partial charge in [-0.2, -0.15) is 0 Å². The summed E-state index contributed by atoms with van der Waals surface area (Å²) in [6, 6.07) is 15.2. The first-order chi connectivity index (χ1) is 16.7. The van der Waals surface area contributed by atoms with Crippen LogP contribution in [0.2, 0.25) is 0 Å². The van der Waals surface area contributed by atoms with Crippen LogP contribution in [0.4, 0.5) is 17.2 Å². The zero-order valence-electron chi connectivity index (χ0n) is 18.7. The largest absolute Gasteiger partial charge is 0.367 e. The lowest BCUT2D eigenvalue weighted by Gasteiger charge is -2.34. The van der Waals surface area contributed by atoms with E-state index < -0.39 is 0 Å². The molecular weight excluding hydrogens is 426 g/mol. The molecule has 3 N–H and O–H groups in total. The molecular formula is C26H25N7O. The number of pyridine rings is 2. The molecule has 4 aromatic rings. The first-order valence-corrected chi connectivity index (χ1v) is 11.8. The standard InChI is InChI=1S/C26H25N7O/c34-26-25-20(12-29-26)19(22-13-28-24-3-1-2-10-33(22)24)7-8-21(25)31-23-9-6-18(11-27-23)32-14-16-4-5-17(15-32)30-16/h1-3,6-11,13,16-17,30H,4-5,12,14-15H2,(H,27,31)(H,29,34). The lowest BCUT2D eigenvalue weighted by molar-refractivity contribution is 0.0966. The number of rotatable bonds is 4. The number of anilines is 3. The average Bonchev–Trinajstić information content (AvgIpc) is 3.57. The lowest BCUT2D eigenvalue weighted by Crippen LogP contribution is -2.51. The van der Waals surface area contributed by atoms with Gasteiger partial charge in [0.2, 0.25) is 0 Å². The summed E-state index contributed by atoms with van der Waals surface area (Å²) < 4.78 is 2.05. The number of fused-ring (bicyclic) bond motifs is 4. The van der Waals surface area contributed by atoms with Crippen LogP contribution in [-0.4, -0.2) is 45.4 Å². The number of benzene rings is 1. The number of hydrogen-bond donors (Lipinski definition) is 3. The highest BCUT2D eigenvalue weighted by molar-refractivity contribution is 6.06. The van der Waals surface area contributed by atoms with Gasteiger partial charge in [0.1, 0.15) is 11.5 Å². The summed E-state index contributed by atoms with van der Waals surface area (Å²) in [5.41, 5.74) is 6.43. The molecule has 2 unspecified atom stereocenters. The van der Waals surface area contributed by atoms with Gasteiger partial charge < -0.3 is 20.9 Å². The van der Waals surface area contributed by atoms with Crippen molar-refractivity contribution in [1.82, 2.24) is 25.0 Å². The second kappa shape index (κ2) is 7.56. The molecule has 2 atom stereocenters. The normalized spacial score (nSPS) is 21.1. The Morgan fingerprint density at radius 3 is 2.68 bits per heavy atom. The molecule has 3 aliphatic heterocycles. The van der Waals surface area contributed by atoms with Crippen LogP contribution >= 0.6 is 0 Å². The van der Waals surface area contributed by atoms with E-state index in [1.54, 1.807) is 0 Å². The molecule has 8 heteroatoms. The highest BCUT2D eigenvalue weighted by Crippen LogP contribution is 2.35.